The summed E-state index contributed by atoms with van der Waals surface area (Å²) >= 11 is 1.86. The lowest BCUT2D eigenvalue weighted by atomic mass is 9.84. The highest BCUT2D eigenvalue weighted by Crippen LogP contribution is 2.34. The van der Waals surface area contributed by atoms with E-state index < -0.39 is 0 Å². The molecule has 4 heteroatoms. The van der Waals surface area contributed by atoms with E-state index in [1.165, 1.54) is 18.6 Å². The van der Waals surface area contributed by atoms with Crippen molar-refractivity contribution in [3.8, 4) is 0 Å². The summed E-state index contributed by atoms with van der Waals surface area (Å²) in [7, 11) is 1.73. The Kier molecular flexibility index (Phi) is 5.62. The number of nitrogens with zero attached hydrogens (tertiary/aromatic N) is 1. The lowest BCUT2D eigenvalue weighted by Gasteiger charge is -2.34. The zero-order valence-corrected chi connectivity index (χ0v) is 11.7. The highest BCUT2D eigenvalue weighted by molar-refractivity contribution is 8.13. The first-order valence-electron chi connectivity index (χ1n) is 6.08. The third kappa shape index (κ3) is 3.67. The average molecular weight is 244 g/mol. The molecule has 0 radical (unpaired) electrons. The molecule has 1 N–H and O–H groups in total. The van der Waals surface area contributed by atoms with Gasteiger partial charge in [0, 0.05) is 25.4 Å². The van der Waals surface area contributed by atoms with E-state index in [-0.39, 0.29) is 0 Å². The monoisotopic (exact) mass is 244 g/mol. The van der Waals surface area contributed by atoms with Crippen molar-refractivity contribution in [3.63, 3.8) is 0 Å². The third-order valence-electron chi connectivity index (χ3n) is 3.36. The van der Waals surface area contributed by atoms with Crippen LogP contribution in [-0.4, -0.2) is 37.2 Å². The summed E-state index contributed by atoms with van der Waals surface area (Å²) < 4.78 is 5.10. The van der Waals surface area contributed by atoms with E-state index in [1.807, 2.05) is 11.8 Å². The summed E-state index contributed by atoms with van der Waals surface area (Å²) in [6.45, 7) is 8.35. The Morgan fingerprint density at radius 3 is 2.62 bits per heavy atom. The van der Waals surface area contributed by atoms with E-state index in [9.17, 15) is 0 Å². The SMILES string of the molecule is CCC1(CC)CN=C(NC(C)COC)SC1. The average Bonchev–Trinajstić information content (AvgIpc) is 2.31. The molecule has 3 nitrogen and oxygen atoms in total. The van der Waals surface area contributed by atoms with Crippen LogP contribution in [-0.2, 0) is 4.74 Å². The molecular weight excluding hydrogens is 220 g/mol. The van der Waals surface area contributed by atoms with Crippen LogP contribution in [0.15, 0.2) is 4.99 Å². The Hall–Kier alpha value is -0.220. The maximum atomic E-state index is 5.10. The number of aliphatic imine (C=N–C) groups is 1. The molecule has 1 heterocycles. The first kappa shape index (κ1) is 13.8. The van der Waals surface area contributed by atoms with Gasteiger partial charge in [-0.3, -0.25) is 4.99 Å². The number of nitrogens with one attached hydrogen (secondary N) is 1. The topological polar surface area (TPSA) is 33.6 Å². The first-order chi connectivity index (χ1) is 7.65. The molecule has 0 saturated carbocycles. The molecule has 0 saturated heterocycles. The first-order valence-corrected chi connectivity index (χ1v) is 7.07. The van der Waals surface area contributed by atoms with E-state index in [2.05, 4.69) is 31.1 Å². The minimum Gasteiger partial charge on any atom is -0.383 e. The van der Waals surface area contributed by atoms with Gasteiger partial charge < -0.3 is 10.1 Å². The van der Waals surface area contributed by atoms with Gasteiger partial charge in [-0.15, -0.1) is 0 Å². The van der Waals surface area contributed by atoms with E-state index in [4.69, 9.17) is 4.74 Å². The molecule has 0 aromatic rings. The van der Waals surface area contributed by atoms with Crippen LogP contribution in [0.1, 0.15) is 33.6 Å². The maximum Gasteiger partial charge on any atom is 0.156 e. The quantitative estimate of drug-likeness (QED) is 0.807. The lowest BCUT2D eigenvalue weighted by Crippen LogP contribution is -2.39. The van der Waals surface area contributed by atoms with Gasteiger partial charge >= 0.3 is 0 Å². The molecule has 0 aromatic carbocycles. The Balaban J connectivity index is 2.46. The van der Waals surface area contributed by atoms with E-state index in [0.29, 0.717) is 11.5 Å². The van der Waals surface area contributed by atoms with Gasteiger partial charge in [-0.2, -0.15) is 0 Å². The second-order valence-corrected chi connectivity index (χ2v) is 5.58. The van der Waals surface area contributed by atoms with Gasteiger partial charge in [0.2, 0.25) is 0 Å². The predicted molar refractivity (Wildman–Crippen MR) is 72.2 cm³/mol. The molecule has 0 fully saturated rings. The van der Waals surface area contributed by atoms with Crippen LogP contribution in [0.2, 0.25) is 0 Å². The number of methoxy groups -OCH3 is 1. The second kappa shape index (κ2) is 6.50. The van der Waals surface area contributed by atoms with Crippen LogP contribution in [0.25, 0.3) is 0 Å². The number of hydrogen-bond acceptors (Lipinski definition) is 4. The number of amidine groups is 1. The fourth-order valence-corrected chi connectivity index (χ4v) is 3.20. The normalized spacial score (nSPS) is 21.4. The van der Waals surface area contributed by atoms with Crippen molar-refractivity contribution < 1.29 is 4.74 Å². The van der Waals surface area contributed by atoms with Gasteiger partial charge in [0.1, 0.15) is 0 Å². The van der Waals surface area contributed by atoms with Crippen LogP contribution in [0.5, 0.6) is 0 Å². The van der Waals surface area contributed by atoms with Crippen molar-refractivity contribution in [2.45, 2.75) is 39.7 Å². The predicted octanol–water partition coefficient (Wildman–Crippen LogP) is 2.52. The Morgan fingerprint density at radius 2 is 2.19 bits per heavy atom. The molecular formula is C12H24N2OS. The molecule has 1 atom stereocenters. The summed E-state index contributed by atoms with van der Waals surface area (Å²) in [5, 5.41) is 4.48. The highest BCUT2D eigenvalue weighted by atomic mass is 32.2. The molecule has 1 aliphatic rings. The second-order valence-electron chi connectivity index (χ2n) is 4.62. The zero-order valence-electron chi connectivity index (χ0n) is 10.9. The summed E-state index contributed by atoms with van der Waals surface area (Å²) in [6, 6.07) is 0.340. The summed E-state index contributed by atoms with van der Waals surface area (Å²) in [5.41, 5.74) is 0.431. The van der Waals surface area contributed by atoms with Crippen LogP contribution in [0.4, 0.5) is 0 Å². The van der Waals surface area contributed by atoms with E-state index in [1.54, 1.807) is 7.11 Å². The molecule has 0 bridgehead atoms. The van der Waals surface area contributed by atoms with Gasteiger partial charge in [-0.25, -0.2) is 0 Å². The standard InChI is InChI=1S/C12H24N2OS/c1-5-12(6-2)8-13-11(16-9-12)14-10(3)7-15-4/h10H,5-9H2,1-4H3,(H,13,14). The number of rotatable bonds is 5. The molecule has 1 rings (SSSR count). The maximum absolute atomic E-state index is 5.10. The smallest absolute Gasteiger partial charge is 0.156 e. The minimum absolute atomic E-state index is 0.340. The fraction of sp³-hybridized carbons (Fsp3) is 0.917. The number of hydrogen-bond donors (Lipinski definition) is 1. The number of ether oxygens (including phenoxy) is 1. The fourth-order valence-electron chi connectivity index (χ4n) is 1.82. The van der Waals surface area contributed by atoms with Gasteiger partial charge in [0.25, 0.3) is 0 Å². The summed E-state index contributed by atoms with van der Waals surface area (Å²) in [5.74, 6) is 1.19. The van der Waals surface area contributed by atoms with Crippen molar-refractivity contribution in [1.29, 1.82) is 0 Å². The van der Waals surface area contributed by atoms with Crippen molar-refractivity contribution >= 4 is 16.9 Å². The molecule has 0 amide bonds. The Morgan fingerprint density at radius 1 is 1.50 bits per heavy atom. The van der Waals surface area contributed by atoms with Crippen LogP contribution in [0.3, 0.4) is 0 Å². The van der Waals surface area contributed by atoms with Crippen LogP contribution in [0, 0.1) is 5.41 Å². The minimum atomic E-state index is 0.340. The highest BCUT2D eigenvalue weighted by Gasteiger charge is 2.30. The van der Waals surface area contributed by atoms with Crippen molar-refractivity contribution in [2.24, 2.45) is 10.4 Å². The van der Waals surface area contributed by atoms with E-state index in [0.717, 1.165) is 18.3 Å². The van der Waals surface area contributed by atoms with Gasteiger partial charge in [-0.05, 0) is 25.2 Å². The molecule has 1 unspecified atom stereocenters. The molecule has 0 spiro atoms. The van der Waals surface area contributed by atoms with Gasteiger partial charge in [-0.1, -0.05) is 25.6 Å². The molecule has 0 aromatic heterocycles. The zero-order chi connectivity index (χ0) is 12.0. The largest absolute Gasteiger partial charge is 0.383 e. The number of thioether (sulfide) groups is 1. The summed E-state index contributed by atoms with van der Waals surface area (Å²) in [6.07, 6.45) is 2.45. The molecule has 0 aliphatic carbocycles. The van der Waals surface area contributed by atoms with Gasteiger partial charge in [0.05, 0.1) is 6.61 Å². The Bertz CT molecular complexity index is 239. The van der Waals surface area contributed by atoms with Gasteiger partial charge in [0.15, 0.2) is 5.17 Å². The van der Waals surface area contributed by atoms with Crippen LogP contribution >= 0.6 is 11.8 Å². The Labute approximate surface area is 103 Å². The van der Waals surface area contributed by atoms with Crippen molar-refractivity contribution in [1.82, 2.24) is 5.32 Å². The van der Waals surface area contributed by atoms with Crippen molar-refractivity contribution in [2.75, 3.05) is 26.0 Å². The molecule has 94 valence electrons. The van der Waals surface area contributed by atoms with Crippen molar-refractivity contribution in [3.05, 3.63) is 0 Å². The lowest BCUT2D eigenvalue weighted by molar-refractivity contribution is 0.179. The molecule has 16 heavy (non-hydrogen) atoms. The van der Waals surface area contributed by atoms with Crippen LogP contribution < -0.4 is 5.32 Å². The summed E-state index contributed by atoms with van der Waals surface area (Å²) in [4.78, 5) is 4.66. The molecule has 1 aliphatic heterocycles. The third-order valence-corrected chi connectivity index (χ3v) is 4.64. The van der Waals surface area contributed by atoms with E-state index >= 15 is 0 Å².